The summed E-state index contributed by atoms with van der Waals surface area (Å²) in [5.41, 5.74) is 19.7. The molecule has 1 heteroatoms. The standard InChI is InChI=1S/C64H47N/c1-42-41-46(38-40-47(42)55-32-18-34-59-63(55)57-27-9-12-33-58(57)64(59,2)3)65(60-35-13-10-25-53(60)51-30-17-29-50-48-24-8-7-21-44(48)37-39-52(50)51)61-36-14-11-26-54(61)56-31-16-23-45-22-15-28-49(62(45)56)43-19-5-4-6-20-43/h4-41H,1-3H3. The molecule has 0 heterocycles. The molecule has 11 aromatic rings. The fourth-order valence-corrected chi connectivity index (χ4v) is 11.0. The predicted molar refractivity (Wildman–Crippen MR) is 278 cm³/mol. The number of fused-ring (bicyclic) bond motifs is 7. The van der Waals surface area contributed by atoms with Crippen LogP contribution in [0.4, 0.5) is 17.1 Å². The van der Waals surface area contributed by atoms with Crippen molar-refractivity contribution >= 4 is 49.4 Å². The number of benzene rings is 11. The van der Waals surface area contributed by atoms with Gasteiger partial charge in [-0.25, -0.2) is 0 Å². The van der Waals surface area contributed by atoms with Gasteiger partial charge in [0.15, 0.2) is 0 Å². The Morgan fingerprint density at radius 2 is 0.892 bits per heavy atom. The summed E-state index contributed by atoms with van der Waals surface area (Å²) in [4.78, 5) is 2.51. The van der Waals surface area contributed by atoms with Gasteiger partial charge < -0.3 is 4.90 Å². The third-order valence-electron chi connectivity index (χ3n) is 14.0. The molecule has 0 spiro atoms. The monoisotopic (exact) mass is 829 g/mol. The van der Waals surface area contributed by atoms with Gasteiger partial charge in [-0.05, 0) is 125 Å². The van der Waals surface area contributed by atoms with Crippen LogP contribution >= 0.6 is 0 Å². The lowest BCUT2D eigenvalue weighted by atomic mass is 9.82. The normalized spacial score (nSPS) is 12.7. The molecule has 11 aromatic carbocycles. The van der Waals surface area contributed by atoms with Gasteiger partial charge in [-0.2, -0.15) is 0 Å². The lowest BCUT2D eigenvalue weighted by Gasteiger charge is -2.31. The zero-order valence-corrected chi connectivity index (χ0v) is 36.9. The largest absolute Gasteiger partial charge is 0.309 e. The van der Waals surface area contributed by atoms with Crippen molar-refractivity contribution in [2.45, 2.75) is 26.2 Å². The molecule has 1 aliphatic carbocycles. The van der Waals surface area contributed by atoms with Crippen LogP contribution in [0.2, 0.25) is 0 Å². The molecule has 1 aliphatic rings. The van der Waals surface area contributed by atoms with E-state index in [0.29, 0.717) is 0 Å². The zero-order chi connectivity index (χ0) is 43.6. The smallest absolute Gasteiger partial charge is 0.0540 e. The Kier molecular flexibility index (Phi) is 9.14. The maximum atomic E-state index is 2.51. The number of nitrogens with zero attached hydrogens (tertiary/aromatic N) is 1. The van der Waals surface area contributed by atoms with E-state index >= 15 is 0 Å². The van der Waals surface area contributed by atoms with Gasteiger partial charge in [0.05, 0.1) is 11.4 Å². The van der Waals surface area contributed by atoms with E-state index in [4.69, 9.17) is 0 Å². The Balaban J connectivity index is 1.11. The maximum Gasteiger partial charge on any atom is 0.0540 e. The minimum atomic E-state index is -0.0735. The van der Waals surface area contributed by atoms with Crippen molar-refractivity contribution < 1.29 is 0 Å². The van der Waals surface area contributed by atoms with Crippen molar-refractivity contribution in [3.8, 4) is 55.6 Å². The highest BCUT2D eigenvalue weighted by Crippen LogP contribution is 2.53. The van der Waals surface area contributed by atoms with Crippen LogP contribution in [0.1, 0.15) is 30.5 Å². The van der Waals surface area contributed by atoms with Gasteiger partial charge in [-0.15, -0.1) is 0 Å². The Bertz CT molecular complexity index is 3640. The summed E-state index contributed by atoms with van der Waals surface area (Å²) in [6, 6.07) is 85.3. The van der Waals surface area contributed by atoms with Crippen molar-refractivity contribution in [3.05, 3.63) is 247 Å². The summed E-state index contributed by atoms with van der Waals surface area (Å²) in [5.74, 6) is 0. The summed E-state index contributed by atoms with van der Waals surface area (Å²) in [5, 5.41) is 7.47. The Hall–Kier alpha value is -8.00. The lowest BCUT2D eigenvalue weighted by Crippen LogP contribution is -2.14. The van der Waals surface area contributed by atoms with Gasteiger partial charge in [-0.3, -0.25) is 0 Å². The molecule has 12 rings (SSSR count). The molecule has 0 N–H and O–H groups in total. The van der Waals surface area contributed by atoms with Crippen LogP contribution in [0, 0.1) is 6.92 Å². The van der Waals surface area contributed by atoms with Crippen molar-refractivity contribution in [2.24, 2.45) is 0 Å². The van der Waals surface area contributed by atoms with Crippen LogP contribution in [0.25, 0.3) is 88.0 Å². The number of hydrogen-bond donors (Lipinski definition) is 0. The summed E-state index contributed by atoms with van der Waals surface area (Å²) in [6.07, 6.45) is 0. The van der Waals surface area contributed by atoms with Crippen LogP contribution < -0.4 is 4.90 Å². The summed E-state index contributed by atoms with van der Waals surface area (Å²) < 4.78 is 0. The van der Waals surface area contributed by atoms with E-state index in [2.05, 4.69) is 256 Å². The lowest BCUT2D eigenvalue weighted by molar-refractivity contribution is 0.660. The van der Waals surface area contributed by atoms with Crippen molar-refractivity contribution in [2.75, 3.05) is 4.90 Å². The van der Waals surface area contributed by atoms with Gasteiger partial charge >= 0.3 is 0 Å². The molecule has 0 amide bonds. The number of rotatable bonds is 7. The molecule has 0 bridgehead atoms. The Labute approximate surface area is 381 Å². The second kappa shape index (κ2) is 15.4. The highest BCUT2D eigenvalue weighted by molar-refractivity contribution is 6.14. The summed E-state index contributed by atoms with van der Waals surface area (Å²) >= 11 is 0. The molecule has 0 unspecified atom stereocenters. The second-order valence-corrected chi connectivity index (χ2v) is 18.0. The average Bonchev–Trinajstić information content (AvgIpc) is 3.60. The molecule has 0 saturated carbocycles. The minimum Gasteiger partial charge on any atom is -0.309 e. The predicted octanol–water partition coefficient (Wildman–Crippen LogP) is 17.9. The second-order valence-electron chi connectivity index (χ2n) is 18.0. The maximum absolute atomic E-state index is 2.51. The van der Waals surface area contributed by atoms with Crippen molar-refractivity contribution in [1.82, 2.24) is 0 Å². The third-order valence-corrected chi connectivity index (χ3v) is 14.0. The summed E-state index contributed by atoms with van der Waals surface area (Å²) in [7, 11) is 0. The Morgan fingerprint density at radius 1 is 0.338 bits per heavy atom. The first kappa shape index (κ1) is 38.7. The van der Waals surface area contributed by atoms with Gasteiger partial charge in [0.25, 0.3) is 0 Å². The number of aryl methyl sites for hydroxylation is 1. The number of hydrogen-bond acceptors (Lipinski definition) is 1. The Morgan fingerprint density at radius 3 is 1.68 bits per heavy atom. The molecule has 0 saturated heterocycles. The third kappa shape index (κ3) is 6.22. The summed E-state index contributed by atoms with van der Waals surface area (Å²) in [6.45, 7) is 7.01. The topological polar surface area (TPSA) is 3.24 Å². The van der Waals surface area contributed by atoms with Crippen LogP contribution in [0.3, 0.4) is 0 Å². The van der Waals surface area contributed by atoms with Crippen molar-refractivity contribution in [3.63, 3.8) is 0 Å². The molecule has 0 atom stereocenters. The first-order valence-corrected chi connectivity index (χ1v) is 22.8. The fourth-order valence-electron chi connectivity index (χ4n) is 11.0. The van der Waals surface area contributed by atoms with E-state index in [1.54, 1.807) is 0 Å². The van der Waals surface area contributed by atoms with Crippen LogP contribution in [0.5, 0.6) is 0 Å². The van der Waals surface area contributed by atoms with E-state index < -0.39 is 0 Å². The molecule has 308 valence electrons. The van der Waals surface area contributed by atoms with E-state index in [1.807, 2.05) is 0 Å². The zero-order valence-electron chi connectivity index (χ0n) is 36.9. The van der Waals surface area contributed by atoms with Gasteiger partial charge in [0, 0.05) is 22.2 Å². The van der Waals surface area contributed by atoms with E-state index in [0.717, 1.165) is 17.1 Å². The SMILES string of the molecule is Cc1cc(N(c2ccccc2-c2cccc3c2ccc2ccccc23)c2ccccc2-c2cccc3cccc(-c4ccccc4)c23)ccc1-c1cccc2c1-c1ccccc1C2(C)C. The molecule has 0 fully saturated rings. The molecule has 65 heavy (non-hydrogen) atoms. The van der Waals surface area contributed by atoms with Gasteiger partial charge in [-0.1, -0.05) is 220 Å². The first-order chi connectivity index (χ1) is 32.0. The van der Waals surface area contributed by atoms with Crippen LogP contribution in [-0.4, -0.2) is 0 Å². The fraction of sp³-hybridized carbons (Fsp3) is 0.0625. The van der Waals surface area contributed by atoms with Crippen molar-refractivity contribution in [1.29, 1.82) is 0 Å². The molecular weight excluding hydrogens is 783 g/mol. The molecule has 0 aromatic heterocycles. The highest BCUT2D eigenvalue weighted by atomic mass is 15.1. The van der Waals surface area contributed by atoms with E-state index in [1.165, 1.54) is 105 Å². The number of anilines is 3. The van der Waals surface area contributed by atoms with Crippen LogP contribution in [0.15, 0.2) is 231 Å². The molecule has 0 radical (unpaired) electrons. The molecule has 0 aliphatic heterocycles. The van der Waals surface area contributed by atoms with E-state index in [9.17, 15) is 0 Å². The molecule has 1 nitrogen and oxygen atoms in total. The molecular formula is C64H47N. The van der Waals surface area contributed by atoms with Gasteiger partial charge in [0.1, 0.15) is 0 Å². The average molecular weight is 830 g/mol. The highest BCUT2D eigenvalue weighted by Gasteiger charge is 2.36. The van der Waals surface area contributed by atoms with E-state index in [-0.39, 0.29) is 5.41 Å². The number of para-hydroxylation sites is 2. The van der Waals surface area contributed by atoms with Crippen LogP contribution in [-0.2, 0) is 5.41 Å². The quantitative estimate of drug-likeness (QED) is 0.145. The first-order valence-electron chi connectivity index (χ1n) is 22.8. The van der Waals surface area contributed by atoms with Gasteiger partial charge in [0.2, 0.25) is 0 Å². The minimum absolute atomic E-state index is 0.0735.